The van der Waals surface area contributed by atoms with Crippen LogP contribution >= 0.6 is 0 Å². The summed E-state index contributed by atoms with van der Waals surface area (Å²) in [6, 6.07) is 9.77. The lowest BCUT2D eigenvalue weighted by Crippen LogP contribution is -2.13. The fourth-order valence-electron chi connectivity index (χ4n) is 2.52. The quantitative estimate of drug-likeness (QED) is 0.906. The molecule has 114 valence electrons. The van der Waals surface area contributed by atoms with Crippen LogP contribution in [0.5, 0.6) is 0 Å². The zero-order chi connectivity index (χ0) is 15.7. The van der Waals surface area contributed by atoms with Crippen LogP contribution in [-0.2, 0) is 7.05 Å². The van der Waals surface area contributed by atoms with Gasteiger partial charge in [0.15, 0.2) is 0 Å². The van der Waals surface area contributed by atoms with Crippen molar-refractivity contribution in [1.82, 2.24) is 4.57 Å². The van der Waals surface area contributed by atoms with Gasteiger partial charge >= 0.3 is 0 Å². The molecule has 4 nitrogen and oxygen atoms in total. The summed E-state index contributed by atoms with van der Waals surface area (Å²) in [6.45, 7) is 2.13. The van der Waals surface area contributed by atoms with E-state index in [1.54, 1.807) is 17.7 Å². The van der Waals surface area contributed by atoms with Crippen LogP contribution in [0.4, 0.5) is 11.4 Å². The monoisotopic (exact) mass is 295 g/mol. The van der Waals surface area contributed by atoms with Crippen molar-refractivity contribution in [3.05, 3.63) is 58.2 Å². The molecule has 1 aliphatic rings. The molecule has 1 saturated carbocycles. The predicted octanol–water partition coefficient (Wildman–Crippen LogP) is 3.57. The summed E-state index contributed by atoms with van der Waals surface area (Å²) in [7, 11) is 3.68. The van der Waals surface area contributed by atoms with E-state index in [0.29, 0.717) is 0 Å². The molecule has 1 aromatic heterocycles. The van der Waals surface area contributed by atoms with Crippen molar-refractivity contribution in [2.45, 2.75) is 19.8 Å². The van der Waals surface area contributed by atoms with Gasteiger partial charge in [-0.05, 0) is 55.2 Å². The molecule has 0 atom stereocenters. The summed E-state index contributed by atoms with van der Waals surface area (Å²) in [5.41, 5.74) is 6.96. The molecule has 2 aromatic rings. The summed E-state index contributed by atoms with van der Waals surface area (Å²) in [5.74, 6) is 0. The first-order chi connectivity index (χ1) is 10.6. The Balaban J connectivity index is 2.01. The SMILES string of the molecule is CNc1cc(NC(C)=C2CC2)cc(-c2ccc(=O)n(C)c2)c1. The van der Waals surface area contributed by atoms with Gasteiger partial charge in [0.05, 0.1) is 0 Å². The molecular formula is C18H21N3O. The largest absolute Gasteiger partial charge is 0.388 e. The summed E-state index contributed by atoms with van der Waals surface area (Å²) in [4.78, 5) is 11.6. The molecule has 0 radical (unpaired) electrons. The topological polar surface area (TPSA) is 46.1 Å². The van der Waals surface area contributed by atoms with Crippen molar-refractivity contribution in [3.63, 3.8) is 0 Å². The van der Waals surface area contributed by atoms with Crippen molar-refractivity contribution in [1.29, 1.82) is 0 Å². The molecule has 2 N–H and O–H groups in total. The molecular weight excluding hydrogens is 274 g/mol. The van der Waals surface area contributed by atoms with Crippen LogP contribution in [-0.4, -0.2) is 11.6 Å². The Bertz CT molecular complexity index is 796. The first kappa shape index (κ1) is 14.4. The number of anilines is 2. The number of nitrogens with zero attached hydrogens (tertiary/aromatic N) is 1. The Hall–Kier alpha value is -2.49. The van der Waals surface area contributed by atoms with Crippen molar-refractivity contribution in [2.75, 3.05) is 17.7 Å². The summed E-state index contributed by atoms with van der Waals surface area (Å²) >= 11 is 0. The Kier molecular flexibility index (Phi) is 3.75. The molecule has 0 bridgehead atoms. The third kappa shape index (κ3) is 3.06. The van der Waals surface area contributed by atoms with Crippen LogP contribution in [0.25, 0.3) is 11.1 Å². The van der Waals surface area contributed by atoms with E-state index in [1.807, 2.05) is 19.3 Å². The Labute approximate surface area is 130 Å². The number of rotatable bonds is 4. The fraction of sp³-hybridized carbons (Fsp3) is 0.278. The number of allylic oxidation sites excluding steroid dienone is 2. The summed E-state index contributed by atoms with van der Waals surface area (Å²) < 4.78 is 1.60. The van der Waals surface area contributed by atoms with Gasteiger partial charge in [-0.1, -0.05) is 5.57 Å². The van der Waals surface area contributed by atoms with Crippen LogP contribution in [0.3, 0.4) is 0 Å². The maximum atomic E-state index is 11.6. The minimum Gasteiger partial charge on any atom is -0.388 e. The van der Waals surface area contributed by atoms with Crippen LogP contribution in [0.1, 0.15) is 19.8 Å². The number of hydrogen-bond acceptors (Lipinski definition) is 3. The number of aryl methyl sites for hydroxylation is 1. The molecule has 22 heavy (non-hydrogen) atoms. The highest BCUT2D eigenvalue weighted by molar-refractivity contribution is 5.74. The van der Waals surface area contributed by atoms with E-state index in [2.05, 4.69) is 35.8 Å². The molecule has 1 aliphatic carbocycles. The minimum absolute atomic E-state index is 0.00109. The van der Waals surface area contributed by atoms with E-state index in [1.165, 1.54) is 24.1 Å². The van der Waals surface area contributed by atoms with Crippen molar-refractivity contribution < 1.29 is 0 Å². The van der Waals surface area contributed by atoms with Gasteiger partial charge in [0.2, 0.25) is 5.56 Å². The lowest BCUT2D eigenvalue weighted by molar-refractivity contribution is 0.862. The Morgan fingerprint density at radius 3 is 2.45 bits per heavy atom. The second-order valence-corrected chi connectivity index (χ2v) is 5.77. The second-order valence-electron chi connectivity index (χ2n) is 5.77. The molecule has 0 amide bonds. The van der Waals surface area contributed by atoms with E-state index < -0.39 is 0 Å². The lowest BCUT2D eigenvalue weighted by Gasteiger charge is -2.13. The third-order valence-corrected chi connectivity index (χ3v) is 4.00. The normalized spacial score (nSPS) is 13.0. The lowest BCUT2D eigenvalue weighted by atomic mass is 10.1. The standard InChI is InChI=1S/C18H21N3O/c1-12(13-4-5-13)20-17-9-15(8-16(10-17)19-2)14-6-7-18(22)21(3)11-14/h6-11,19-20H,4-5H2,1-3H3. The van der Waals surface area contributed by atoms with Crippen molar-refractivity contribution >= 4 is 11.4 Å². The molecule has 1 heterocycles. The molecule has 3 rings (SSSR count). The van der Waals surface area contributed by atoms with E-state index in [9.17, 15) is 4.79 Å². The Morgan fingerprint density at radius 2 is 1.82 bits per heavy atom. The van der Waals surface area contributed by atoms with Gasteiger partial charge in [-0.3, -0.25) is 4.79 Å². The second kappa shape index (κ2) is 5.72. The average molecular weight is 295 g/mol. The van der Waals surface area contributed by atoms with Gasteiger partial charge in [0, 0.05) is 43.4 Å². The third-order valence-electron chi connectivity index (χ3n) is 4.00. The van der Waals surface area contributed by atoms with Gasteiger partial charge in [-0.25, -0.2) is 0 Å². The molecule has 0 aliphatic heterocycles. The number of pyridine rings is 1. The number of hydrogen-bond donors (Lipinski definition) is 2. The van der Waals surface area contributed by atoms with E-state index in [0.717, 1.165) is 22.5 Å². The van der Waals surface area contributed by atoms with Crippen LogP contribution < -0.4 is 16.2 Å². The number of nitrogens with one attached hydrogen (secondary N) is 2. The number of benzene rings is 1. The predicted molar refractivity (Wildman–Crippen MR) is 92.2 cm³/mol. The zero-order valence-electron chi connectivity index (χ0n) is 13.2. The zero-order valence-corrected chi connectivity index (χ0v) is 13.2. The molecule has 0 spiro atoms. The maximum absolute atomic E-state index is 11.6. The summed E-state index contributed by atoms with van der Waals surface area (Å²) in [5, 5.41) is 6.68. The van der Waals surface area contributed by atoms with E-state index in [-0.39, 0.29) is 5.56 Å². The van der Waals surface area contributed by atoms with Crippen LogP contribution in [0.15, 0.2) is 52.6 Å². The average Bonchev–Trinajstić information content (AvgIpc) is 3.34. The molecule has 4 heteroatoms. The van der Waals surface area contributed by atoms with Gasteiger partial charge < -0.3 is 15.2 Å². The first-order valence-corrected chi connectivity index (χ1v) is 7.52. The van der Waals surface area contributed by atoms with Gasteiger partial charge in [0.25, 0.3) is 0 Å². The first-order valence-electron chi connectivity index (χ1n) is 7.52. The molecule has 1 aromatic carbocycles. The van der Waals surface area contributed by atoms with E-state index >= 15 is 0 Å². The molecule has 0 unspecified atom stereocenters. The smallest absolute Gasteiger partial charge is 0.250 e. The highest BCUT2D eigenvalue weighted by Crippen LogP contribution is 2.33. The number of aromatic nitrogens is 1. The highest BCUT2D eigenvalue weighted by atomic mass is 16.1. The Morgan fingerprint density at radius 1 is 1.09 bits per heavy atom. The molecule has 1 fully saturated rings. The fourth-order valence-corrected chi connectivity index (χ4v) is 2.52. The van der Waals surface area contributed by atoms with Gasteiger partial charge in [-0.2, -0.15) is 0 Å². The molecule has 0 saturated heterocycles. The van der Waals surface area contributed by atoms with E-state index in [4.69, 9.17) is 0 Å². The van der Waals surface area contributed by atoms with Crippen molar-refractivity contribution in [3.8, 4) is 11.1 Å². The van der Waals surface area contributed by atoms with Crippen LogP contribution in [0.2, 0.25) is 0 Å². The van der Waals surface area contributed by atoms with Crippen molar-refractivity contribution in [2.24, 2.45) is 7.05 Å². The summed E-state index contributed by atoms with van der Waals surface area (Å²) in [6.07, 6.45) is 4.28. The van der Waals surface area contributed by atoms with Gasteiger partial charge in [0.1, 0.15) is 0 Å². The maximum Gasteiger partial charge on any atom is 0.250 e. The minimum atomic E-state index is 0.00109. The highest BCUT2D eigenvalue weighted by Gasteiger charge is 2.15. The van der Waals surface area contributed by atoms with Gasteiger partial charge in [-0.15, -0.1) is 0 Å². The van der Waals surface area contributed by atoms with Crippen LogP contribution in [0, 0.1) is 0 Å².